The smallest absolute Gasteiger partial charge is 0.231 e. The molecule has 0 bridgehead atoms. The number of aryl methyl sites for hydroxylation is 1. The van der Waals surface area contributed by atoms with Gasteiger partial charge >= 0.3 is 0 Å². The van der Waals surface area contributed by atoms with E-state index in [-0.39, 0.29) is 6.79 Å². The first-order valence-corrected chi connectivity index (χ1v) is 10.3. The van der Waals surface area contributed by atoms with Crippen LogP contribution in [0, 0.1) is 6.92 Å². The highest BCUT2D eigenvalue weighted by molar-refractivity contribution is 7.09. The number of likely N-dealkylation sites (N-methyl/N-ethyl adjacent to an activating group) is 1. The SMILES string of the molecule is Cc1nc(CCN(C)c2ncnc3ccc(-c4ccc5c(c4)OCO5)cc23)cs1. The standard InChI is InChI=1S/C22H20N4O2S/c1-14-25-17(11-29-14)7-8-26(2)22-18-9-15(3-5-19(18)23-12-24-22)16-4-6-20-21(10-16)28-13-27-20/h3-6,9-12H,7-8,13H2,1-2H3. The Labute approximate surface area is 172 Å². The second-order valence-electron chi connectivity index (χ2n) is 7.03. The minimum Gasteiger partial charge on any atom is -0.454 e. The van der Waals surface area contributed by atoms with Crippen molar-refractivity contribution in [1.29, 1.82) is 0 Å². The lowest BCUT2D eigenvalue weighted by Gasteiger charge is -2.19. The second kappa shape index (κ2) is 7.33. The van der Waals surface area contributed by atoms with E-state index >= 15 is 0 Å². The van der Waals surface area contributed by atoms with Gasteiger partial charge in [-0.2, -0.15) is 0 Å². The topological polar surface area (TPSA) is 60.4 Å². The first kappa shape index (κ1) is 17.9. The Morgan fingerprint density at radius 2 is 1.86 bits per heavy atom. The number of thiazole rings is 1. The first-order valence-electron chi connectivity index (χ1n) is 9.44. The molecule has 2 aromatic carbocycles. The number of ether oxygens (including phenoxy) is 2. The van der Waals surface area contributed by atoms with Gasteiger partial charge < -0.3 is 14.4 Å². The molecule has 0 N–H and O–H groups in total. The predicted octanol–water partition coefficient (Wildman–Crippen LogP) is 4.47. The number of anilines is 1. The van der Waals surface area contributed by atoms with Gasteiger partial charge in [0.05, 0.1) is 16.2 Å². The molecular formula is C22H20N4O2S. The van der Waals surface area contributed by atoms with Crippen molar-refractivity contribution >= 4 is 28.1 Å². The Bertz CT molecular complexity index is 1190. The summed E-state index contributed by atoms with van der Waals surface area (Å²) < 4.78 is 10.9. The zero-order valence-corrected chi connectivity index (χ0v) is 17.1. The molecule has 2 aromatic heterocycles. The van der Waals surface area contributed by atoms with Gasteiger partial charge in [-0.25, -0.2) is 15.0 Å². The third kappa shape index (κ3) is 3.49. The molecule has 1 aliphatic rings. The maximum Gasteiger partial charge on any atom is 0.231 e. The lowest BCUT2D eigenvalue weighted by Crippen LogP contribution is -2.22. The number of benzene rings is 2. The van der Waals surface area contributed by atoms with Crippen LogP contribution >= 0.6 is 11.3 Å². The third-order valence-corrected chi connectivity index (χ3v) is 5.87. The Balaban J connectivity index is 1.47. The fourth-order valence-corrected chi connectivity index (χ4v) is 4.16. The van der Waals surface area contributed by atoms with Crippen LogP contribution in [0.15, 0.2) is 48.1 Å². The molecule has 4 aromatic rings. The molecule has 0 atom stereocenters. The maximum absolute atomic E-state index is 5.53. The number of rotatable bonds is 5. The summed E-state index contributed by atoms with van der Waals surface area (Å²) in [5.41, 5.74) is 4.22. The van der Waals surface area contributed by atoms with Crippen LogP contribution in [0.5, 0.6) is 11.5 Å². The number of aromatic nitrogens is 3. The molecular weight excluding hydrogens is 384 g/mol. The van der Waals surface area contributed by atoms with Crippen molar-refractivity contribution in [2.75, 3.05) is 25.3 Å². The van der Waals surface area contributed by atoms with Crippen LogP contribution in [0.1, 0.15) is 10.7 Å². The molecule has 0 aliphatic carbocycles. The average Bonchev–Trinajstić information content (AvgIpc) is 3.39. The van der Waals surface area contributed by atoms with E-state index in [1.165, 1.54) is 0 Å². The number of nitrogens with zero attached hydrogens (tertiary/aromatic N) is 4. The van der Waals surface area contributed by atoms with Gasteiger partial charge in [0.1, 0.15) is 12.1 Å². The van der Waals surface area contributed by atoms with Gasteiger partial charge in [0, 0.05) is 30.8 Å². The van der Waals surface area contributed by atoms with E-state index in [0.717, 1.165) is 63.0 Å². The summed E-state index contributed by atoms with van der Waals surface area (Å²) in [7, 11) is 2.06. The van der Waals surface area contributed by atoms with Gasteiger partial charge in [-0.1, -0.05) is 12.1 Å². The van der Waals surface area contributed by atoms with E-state index in [0.29, 0.717) is 0 Å². The number of hydrogen-bond donors (Lipinski definition) is 0. The number of fused-ring (bicyclic) bond motifs is 2. The van der Waals surface area contributed by atoms with Crippen molar-refractivity contribution in [2.24, 2.45) is 0 Å². The maximum atomic E-state index is 5.53. The quantitative estimate of drug-likeness (QED) is 0.489. The summed E-state index contributed by atoms with van der Waals surface area (Å²) in [6.45, 7) is 3.15. The zero-order valence-electron chi connectivity index (χ0n) is 16.3. The molecule has 0 fully saturated rings. The van der Waals surface area contributed by atoms with E-state index in [4.69, 9.17) is 9.47 Å². The van der Waals surface area contributed by atoms with Crippen LogP contribution in [0.25, 0.3) is 22.0 Å². The molecule has 6 nitrogen and oxygen atoms in total. The minimum atomic E-state index is 0.276. The Morgan fingerprint density at radius 3 is 2.72 bits per heavy atom. The minimum absolute atomic E-state index is 0.276. The molecule has 0 saturated carbocycles. The Morgan fingerprint density at radius 1 is 1.03 bits per heavy atom. The summed E-state index contributed by atoms with van der Waals surface area (Å²) >= 11 is 1.69. The van der Waals surface area contributed by atoms with Crippen LogP contribution in [-0.2, 0) is 6.42 Å². The summed E-state index contributed by atoms with van der Waals surface area (Å²) in [6.07, 6.45) is 2.51. The van der Waals surface area contributed by atoms with E-state index in [9.17, 15) is 0 Å². The van der Waals surface area contributed by atoms with Crippen molar-refractivity contribution in [1.82, 2.24) is 15.0 Å². The highest BCUT2D eigenvalue weighted by atomic mass is 32.1. The molecule has 0 saturated heterocycles. The highest BCUT2D eigenvalue weighted by Crippen LogP contribution is 2.37. The van der Waals surface area contributed by atoms with Crippen molar-refractivity contribution in [3.8, 4) is 22.6 Å². The predicted molar refractivity (Wildman–Crippen MR) is 115 cm³/mol. The third-order valence-electron chi connectivity index (χ3n) is 5.05. The normalized spacial score (nSPS) is 12.5. The lowest BCUT2D eigenvalue weighted by atomic mass is 10.0. The van der Waals surface area contributed by atoms with E-state index in [2.05, 4.69) is 44.4 Å². The van der Waals surface area contributed by atoms with Gasteiger partial charge in [-0.15, -0.1) is 11.3 Å². The van der Waals surface area contributed by atoms with Gasteiger partial charge in [-0.05, 0) is 42.3 Å². The molecule has 146 valence electrons. The second-order valence-corrected chi connectivity index (χ2v) is 8.09. The summed E-state index contributed by atoms with van der Waals surface area (Å²) in [5, 5.41) is 4.25. The summed E-state index contributed by atoms with van der Waals surface area (Å²) in [5.74, 6) is 2.49. The van der Waals surface area contributed by atoms with Crippen LogP contribution in [0.2, 0.25) is 0 Å². The van der Waals surface area contributed by atoms with E-state index < -0.39 is 0 Å². The molecule has 29 heavy (non-hydrogen) atoms. The molecule has 7 heteroatoms. The van der Waals surface area contributed by atoms with Gasteiger partial charge in [0.25, 0.3) is 0 Å². The summed E-state index contributed by atoms with van der Waals surface area (Å²) in [6, 6.07) is 12.3. The first-order chi connectivity index (χ1) is 14.2. The van der Waals surface area contributed by atoms with Crippen molar-refractivity contribution in [3.05, 3.63) is 58.8 Å². The Hall–Kier alpha value is -3.19. The molecule has 5 rings (SSSR count). The van der Waals surface area contributed by atoms with Gasteiger partial charge in [-0.3, -0.25) is 0 Å². The van der Waals surface area contributed by atoms with Gasteiger partial charge in [0.2, 0.25) is 6.79 Å². The van der Waals surface area contributed by atoms with Crippen molar-refractivity contribution in [3.63, 3.8) is 0 Å². The van der Waals surface area contributed by atoms with E-state index in [1.54, 1.807) is 17.7 Å². The number of hydrogen-bond acceptors (Lipinski definition) is 7. The van der Waals surface area contributed by atoms with Crippen molar-refractivity contribution < 1.29 is 9.47 Å². The van der Waals surface area contributed by atoms with E-state index in [1.807, 2.05) is 31.2 Å². The molecule has 0 unspecified atom stereocenters. The lowest BCUT2D eigenvalue weighted by molar-refractivity contribution is 0.174. The molecule has 3 heterocycles. The largest absolute Gasteiger partial charge is 0.454 e. The average molecular weight is 404 g/mol. The van der Waals surface area contributed by atoms with Crippen LogP contribution < -0.4 is 14.4 Å². The van der Waals surface area contributed by atoms with Crippen LogP contribution in [-0.4, -0.2) is 35.3 Å². The summed E-state index contributed by atoms with van der Waals surface area (Å²) in [4.78, 5) is 15.7. The molecule has 0 amide bonds. The molecule has 0 spiro atoms. The zero-order chi connectivity index (χ0) is 19.8. The fourth-order valence-electron chi connectivity index (χ4n) is 3.51. The molecule has 1 aliphatic heterocycles. The van der Waals surface area contributed by atoms with Crippen LogP contribution in [0.3, 0.4) is 0 Å². The molecule has 0 radical (unpaired) electrons. The highest BCUT2D eigenvalue weighted by Gasteiger charge is 2.15. The monoisotopic (exact) mass is 404 g/mol. The van der Waals surface area contributed by atoms with Crippen LogP contribution in [0.4, 0.5) is 5.82 Å². The van der Waals surface area contributed by atoms with Crippen molar-refractivity contribution in [2.45, 2.75) is 13.3 Å². The Kier molecular flexibility index (Phi) is 4.52. The fraction of sp³-hybridized carbons (Fsp3) is 0.227. The van der Waals surface area contributed by atoms with Gasteiger partial charge in [0.15, 0.2) is 11.5 Å².